The third kappa shape index (κ3) is 4.52. The van der Waals surface area contributed by atoms with Crippen LogP contribution >= 0.6 is 11.6 Å². The smallest absolute Gasteiger partial charge is 0.353 e. The van der Waals surface area contributed by atoms with Gasteiger partial charge in [-0.2, -0.15) is 0 Å². The molecular weight excluding hydrogens is 432 g/mol. The van der Waals surface area contributed by atoms with Gasteiger partial charge in [0.2, 0.25) is 11.6 Å². The number of rotatable bonds is 6. The van der Waals surface area contributed by atoms with E-state index in [-0.39, 0.29) is 11.5 Å². The fourth-order valence-corrected chi connectivity index (χ4v) is 3.95. The number of nitrogens with one attached hydrogen (secondary N) is 1. The van der Waals surface area contributed by atoms with Gasteiger partial charge in [-0.3, -0.25) is 10.1 Å². The molecule has 0 radical (unpaired) electrons. The summed E-state index contributed by atoms with van der Waals surface area (Å²) in [6, 6.07) is 13.2. The summed E-state index contributed by atoms with van der Waals surface area (Å²) < 4.78 is 5.22. The monoisotopic (exact) mass is 454 g/mol. The molecule has 1 aliphatic rings. The van der Waals surface area contributed by atoms with E-state index in [2.05, 4.69) is 20.2 Å². The molecule has 0 bridgehead atoms. The van der Waals surface area contributed by atoms with Gasteiger partial charge in [0.15, 0.2) is 0 Å². The van der Waals surface area contributed by atoms with Crippen LogP contribution in [0.4, 0.5) is 28.7 Å². The normalized spacial score (nSPS) is 13.7. The Hall–Kier alpha value is -3.59. The fraction of sp³-hybridized carbons (Fsp3) is 0.273. The summed E-state index contributed by atoms with van der Waals surface area (Å²) in [7, 11) is 1.64. The lowest BCUT2D eigenvalue weighted by Gasteiger charge is -2.36. The molecule has 1 aliphatic heterocycles. The van der Waals surface area contributed by atoms with E-state index in [1.165, 1.54) is 6.33 Å². The number of aryl methyl sites for hydroxylation is 1. The maximum absolute atomic E-state index is 12.0. The van der Waals surface area contributed by atoms with E-state index in [0.29, 0.717) is 42.7 Å². The van der Waals surface area contributed by atoms with Crippen molar-refractivity contribution in [1.29, 1.82) is 0 Å². The predicted molar refractivity (Wildman–Crippen MR) is 126 cm³/mol. The number of halogens is 1. The number of hydrogen-bond acceptors (Lipinski definition) is 8. The van der Waals surface area contributed by atoms with E-state index in [1.807, 2.05) is 36.1 Å². The molecule has 4 rings (SSSR count). The van der Waals surface area contributed by atoms with Crippen molar-refractivity contribution in [1.82, 2.24) is 9.97 Å². The summed E-state index contributed by atoms with van der Waals surface area (Å²) in [5, 5.41) is 15.6. The first-order valence-corrected chi connectivity index (χ1v) is 10.5. The van der Waals surface area contributed by atoms with Gasteiger partial charge < -0.3 is 19.9 Å². The summed E-state index contributed by atoms with van der Waals surface area (Å²) in [5.74, 6) is 1.27. The first-order chi connectivity index (χ1) is 15.5. The van der Waals surface area contributed by atoms with Crippen LogP contribution in [0.2, 0.25) is 5.02 Å². The first-order valence-electron chi connectivity index (χ1n) is 10.1. The van der Waals surface area contributed by atoms with Gasteiger partial charge in [0.1, 0.15) is 12.1 Å². The Morgan fingerprint density at radius 1 is 1.06 bits per heavy atom. The lowest BCUT2D eigenvalue weighted by atomic mass is 10.2. The molecule has 1 aromatic heterocycles. The van der Waals surface area contributed by atoms with Gasteiger partial charge in [-0.25, -0.2) is 9.97 Å². The van der Waals surface area contributed by atoms with Crippen LogP contribution in [-0.2, 0) is 0 Å². The number of methoxy groups -OCH3 is 1. The molecule has 3 aromatic rings. The van der Waals surface area contributed by atoms with Crippen molar-refractivity contribution in [3.05, 3.63) is 69.5 Å². The van der Waals surface area contributed by atoms with Crippen molar-refractivity contribution >= 4 is 40.3 Å². The van der Waals surface area contributed by atoms with E-state index >= 15 is 0 Å². The highest BCUT2D eigenvalue weighted by Crippen LogP contribution is 2.35. The van der Waals surface area contributed by atoms with E-state index in [4.69, 9.17) is 16.3 Å². The molecule has 0 amide bonds. The molecule has 0 atom stereocenters. The van der Waals surface area contributed by atoms with Crippen LogP contribution in [0, 0.1) is 17.0 Å². The Kier molecular flexibility index (Phi) is 6.27. The van der Waals surface area contributed by atoms with Crippen molar-refractivity contribution in [2.24, 2.45) is 0 Å². The van der Waals surface area contributed by atoms with Crippen LogP contribution in [0.3, 0.4) is 0 Å². The summed E-state index contributed by atoms with van der Waals surface area (Å²) >= 11 is 6.02. The highest BCUT2D eigenvalue weighted by atomic mass is 35.5. The summed E-state index contributed by atoms with van der Waals surface area (Å²) in [5.41, 5.74) is 2.51. The molecule has 0 aliphatic carbocycles. The summed E-state index contributed by atoms with van der Waals surface area (Å²) in [4.78, 5) is 24.1. The zero-order chi connectivity index (χ0) is 22.7. The van der Waals surface area contributed by atoms with Crippen molar-refractivity contribution in [3.8, 4) is 5.75 Å². The second-order valence-electron chi connectivity index (χ2n) is 7.41. The molecule has 0 unspecified atom stereocenters. The standard InChI is InChI=1S/C22H23ClN6O3/c1-15-13-16(23)3-8-19(15)26-21-20(29(30)31)22(25-14-24-21)28-11-9-27(10-12-28)17-4-6-18(32-2)7-5-17/h3-8,13-14H,9-12H2,1-2H3,(H,24,25,26). The van der Waals surface area contributed by atoms with Crippen LogP contribution in [0.15, 0.2) is 48.8 Å². The Balaban J connectivity index is 1.54. The van der Waals surface area contributed by atoms with E-state index in [1.54, 1.807) is 25.3 Å². The number of aromatic nitrogens is 2. The number of nitrogens with zero attached hydrogens (tertiary/aromatic N) is 5. The average Bonchev–Trinajstić information content (AvgIpc) is 2.81. The molecule has 0 spiro atoms. The SMILES string of the molecule is COc1ccc(N2CCN(c3ncnc(Nc4ccc(Cl)cc4C)c3[N+](=O)[O-])CC2)cc1. The van der Waals surface area contributed by atoms with Crippen LogP contribution < -0.4 is 19.9 Å². The average molecular weight is 455 g/mol. The molecule has 1 N–H and O–H groups in total. The molecule has 1 fully saturated rings. The van der Waals surface area contributed by atoms with Gasteiger partial charge in [0, 0.05) is 42.6 Å². The second kappa shape index (κ2) is 9.27. The molecule has 0 saturated carbocycles. The van der Waals surface area contributed by atoms with Crippen LogP contribution in [0.5, 0.6) is 5.75 Å². The lowest BCUT2D eigenvalue weighted by molar-refractivity contribution is -0.383. The summed E-state index contributed by atoms with van der Waals surface area (Å²) in [6.07, 6.45) is 1.35. The number of ether oxygens (including phenoxy) is 1. The van der Waals surface area contributed by atoms with Crippen LogP contribution in [0.25, 0.3) is 0 Å². The quantitative estimate of drug-likeness (QED) is 0.431. The number of hydrogen-bond donors (Lipinski definition) is 1. The molecule has 9 nitrogen and oxygen atoms in total. The van der Waals surface area contributed by atoms with E-state index in [0.717, 1.165) is 17.0 Å². The van der Waals surface area contributed by atoms with Gasteiger partial charge in [-0.1, -0.05) is 11.6 Å². The zero-order valence-corrected chi connectivity index (χ0v) is 18.5. The van der Waals surface area contributed by atoms with Crippen molar-refractivity contribution in [3.63, 3.8) is 0 Å². The topological polar surface area (TPSA) is 96.7 Å². The van der Waals surface area contributed by atoms with Crippen LogP contribution in [-0.4, -0.2) is 48.2 Å². The number of benzene rings is 2. The molecule has 2 aromatic carbocycles. The third-order valence-corrected chi connectivity index (χ3v) is 5.68. The molecule has 1 saturated heterocycles. The maximum atomic E-state index is 12.0. The Morgan fingerprint density at radius 2 is 1.75 bits per heavy atom. The minimum atomic E-state index is -0.432. The molecule has 32 heavy (non-hydrogen) atoms. The number of piperazine rings is 1. The highest BCUT2D eigenvalue weighted by Gasteiger charge is 2.29. The Labute approximate surface area is 190 Å². The minimum absolute atomic E-state index is 0.139. The summed E-state index contributed by atoms with van der Waals surface area (Å²) in [6.45, 7) is 4.51. The zero-order valence-electron chi connectivity index (χ0n) is 17.8. The molecule has 10 heteroatoms. The van der Waals surface area contributed by atoms with Gasteiger partial charge in [0.25, 0.3) is 0 Å². The minimum Gasteiger partial charge on any atom is -0.497 e. The van der Waals surface area contributed by atoms with Crippen molar-refractivity contribution < 1.29 is 9.66 Å². The Morgan fingerprint density at radius 3 is 2.38 bits per heavy atom. The lowest BCUT2D eigenvalue weighted by Crippen LogP contribution is -2.47. The van der Waals surface area contributed by atoms with Gasteiger partial charge >= 0.3 is 5.69 Å². The number of anilines is 4. The predicted octanol–water partition coefficient (Wildman–Crippen LogP) is 4.43. The second-order valence-corrected chi connectivity index (χ2v) is 7.84. The molecule has 2 heterocycles. The Bertz CT molecular complexity index is 1120. The van der Waals surface area contributed by atoms with Gasteiger partial charge in [-0.15, -0.1) is 0 Å². The van der Waals surface area contributed by atoms with E-state index < -0.39 is 4.92 Å². The fourth-order valence-electron chi connectivity index (χ4n) is 3.72. The highest BCUT2D eigenvalue weighted by molar-refractivity contribution is 6.30. The molecule has 166 valence electrons. The largest absolute Gasteiger partial charge is 0.497 e. The number of nitro groups is 1. The molecular formula is C22H23ClN6O3. The first kappa shape index (κ1) is 21.6. The third-order valence-electron chi connectivity index (χ3n) is 5.44. The van der Waals surface area contributed by atoms with Crippen LogP contribution in [0.1, 0.15) is 5.56 Å². The van der Waals surface area contributed by atoms with Crippen molar-refractivity contribution in [2.45, 2.75) is 6.92 Å². The van der Waals surface area contributed by atoms with Gasteiger partial charge in [0.05, 0.1) is 12.0 Å². The van der Waals surface area contributed by atoms with Gasteiger partial charge in [-0.05, 0) is 55.0 Å². The van der Waals surface area contributed by atoms with Crippen molar-refractivity contribution in [2.75, 3.05) is 48.4 Å². The maximum Gasteiger partial charge on any atom is 0.353 e. The van der Waals surface area contributed by atoms with E-state index in [9.17, 15) is 10.1 Å².